The number of carbonyl (C=O) groups is 2. The Bertz CT molecular complexity index is 702. The molecule has 0 fully saturated rings. The number of nitrogens with one attached hydrogen (secondary N) is 2. The lowest BCUT2D eigenvalue weighted by Crippen LogP contribution is -2.29. The van der Waals surface area contributed by atoms with E-state index in [4.69, 9.17) is 23.2 Å². The lowest BCUT2D eigenvalue weighted by Gasteiger charge is -2.09. The summed E-state index contributed by atoms with van der Waals surface area (Å²) in [6.07, 6.45) is 0. The predicted octanol–water partition coefficient (Wildman–Crippen LogP) is 3.88. The topological polar surface area (TPSA) is 58.2 Å². The van der Waals surface area contributed by atoms with Crippen molar-refractivity contribution in [3.63, 3.8) is 0 Å². The van der Waals surface area contributed by atoms with Gasteiger partial charge in [-0.05, 0) is 36.8 Å². The molecular formula is C15H12Cl2N2O2. The van der Waals surface area contributed by atoms with E-state index in [9.17, 15) is 9.59 Å². The number of carbonyl (C=O) groups excluding carboxylic acids is 2. The van der Waals surface area contributed by atoms with Crippen LogP contribution in [0.4, 0.5) is 11.4 Å². The van der Waals surface area contributed by atoms with Crippen LogP contribution in [0.25, 0.3) is 0 Å². The van der Waals surface area contributed by atoms with Crippen LogP contribution in [-0.2, 0) is 9.59 Å². The standard InChI is InChI=1S/C15H12Cl2N2O2/c1-9-4-2-3-5-12(9)18-14(20)15(21)19-13-7-6-10(16)8-11(13)17/h2-8H,1H3,(H,18,20)(H,19,21). The van der Waals surface area contributed by atoms with Crippen molar-refractivity contribution in [2.24, 2.45) is 0 Å². The van der Waals surface area contributed by atoms with Crippen LogP contribution in [0.15, 0.2) is 42.5 Å². The summed E-state index contributed by atoms with van der Waals surface area (Å²) in [5.74, 6) is -1.57. The van der Waals surface area contributed by atoms with Gasteiger partial charge in [-0.2, -0.15) is 0 Å². The van der Waals surface area contributed by atoms with Crippen molar-refractivity contribution in [3.05, 3.63) is 58.1 Å². The normalized spacial score (nSPS) is 10.0. The molecule has 2 amide bonds. The highest BCUT2D eigenvalue weighted by atomic mass is 35.5. The van der Waals surface area contributed by atoms with Gasteiger partial charge in [0, 0.05) is 10.7 Å². The predicted molar refractivity (Wildman–Crippen MR) is 84.9 cm³/mol. The van der Waals surface area contributed by atoms with E-state index in [1.54, 1.807) is 18.2 Å². The lowest BCUT2D eigenvalue weighted by molar-refractivity contribution is -0.133. The molecule has 0 saturated heterocycles. The average molecular weight is 323 g/mol. The maximum atomic E-state index is 11.9. The molecule has 0 heterocycles. The second kappa shape index (κ2) is 6.61. The molecule has 0 radical (unpaired) electrons. The molecule has 108 valence electrons. The number of amides is 2. The van der Waals surface area contributed by atoms with E-state index in [1.807, 2.05) is 19.1 Å². The van der Waals surface area contributed by atoms with Gasteiger partial charge in [0.15, 0.2) is 0 Å². The monoisotopic (exact) mass is 322 g/mol. The van der Waals surface area contributed by atoms with Crippen molar-refractivity contribution in [2.45, 2.75) is 6.92 Å². The Kier molecular flexibility index (Phi) is 4.83. The third-order valence-electron chi connectivity index (χ3n) is 2.78. The molecule has 0 saturated carbocycles. The minimum atomic E-state index is -0.803. The molecule has 0 aliphatic heterocycles. The molecule has 0 aliphatic rings. The van der Waals surface area contributed by atoms with E-state index in [0.29, 0.717) is 16.4 Å². The molecule has 0 aromatic heterocycles. The van der Waals surface area contributed by atoms with Gasteiger partial charge in [-0.3, -0.25) is 9.59 Å². The lowest BCUT2D eigenvalue weighted by atomic mass is 10.2. The van der Waals surface area contributed by atoms with Crippen LogP contribution in [0, 0.1) is 6.92 Å². The van der Waals surface area contributed by atoms with Crippen molar-refractivity contribution in [1.82, 2.24) is 0 Å². The van der Waals surface area contributed by atoms with Gasteiger partial charge in [0.2, 0.25) is 0 Å². The van der Waals surface area contributed by atoms with Gasteiger partial charge >= 0.3 is 11.8 Å². The number of benzene rings is 2. The highest BCUT2D eigenvalue weighted by Gasteiger charge is 2.16. The first-order chi connectivity index (χ1) is 9.97. The number of halogens is 2. The largest absolute Gasteiger partial charge is 0.318 e. The number of anilines is 2. The van der Waals surface area contributed by atoms with E-state index >= 15 is 0 Å². The maximum Gasteiger partial charge on any atom is 0.314 e. The molecule has 2 N–H and O–H groups in total. The molecule has 4 nitrogen and oxygen atoms in total. The summed E-state index contributed by atoms with van der Waals surface area (Å²) in [6, 6.07) is 11.8. The average Bonchev–Trinajstić information content (AvgIpc) is 2.44. The fraction of sp³-hybridized carbons (Fsp3) is 0.0667. The van der Waals surface area contributed by atoms with Crippen molar-refractivity contribution >= 4 is 46.4 Å². The Morgan fingerprint density at radius 3 is 2.14 bits per heavy atom. The van der Waals surface area contributed by atoms with Crippen LogP contribution in [-0.4, -0.2) is 11.8 Å². The number of rotatable bonds is 2. The van der Waals surface area contributed by atoms with Crippen molar-refractivity contribution in [1.29, 1.82) is 0 Å². The number of para-hydroxylation sites is 1. The Morgan fingerprint density at radius 2 is 1.52 bits per heavy atom. The summed E-state index contributed by atoms with van der Waals surface area (Å²) < 4.78 is 0. The summed E-state index contributed by atoms with van der Waals surface area (Å²) in [5.41, 5.74) is 1.77. The smallest absolute Gasteiger partial charge is 0.314 e. The maximum absolute atomic E-state index is 11.9. The van der Waals surface area contributed by atoms with Crippen molar-refractivity contribution < 1.29 is 9.59 Å². The molecule has 2 rings (SSSR count). The summed E-state index contributed by atoms with van der Waals surface area (Å²) in [6.45, 7) is 1.84. The molecule has 0 unspecified atom stereocenters. The minimum Gasteiger partial charge on any atom is -0.318 e. The highest BCUT2D eigenvalue weighted by Crippen LogP contribution is 2.25. The van der Waals surface area contributed by atoms with Gasteiger partial charge in [-0.1, -0.05) is 41.4 Å². The van der Waals surface area contributed by atoms with E-state index in [-0.39, 0.29) is 5.02 Å². The molecule has 6 heteroatoms. The van der Waals surface area contributed by atoms with Gasteiger partial charge in [0.1, 0.15) is 0 Å². The van der Waals surface area contributed by atoms with Gasteiger partial charge in [-0.25, -0.2) is 0 Å². The van der Waals surface area contributed by atoms with E-state index in [0.717, 1.165) is 5.56 Å². The van der Waals surface area contributed by atoms with Gasteiger partial charge in [-0.15, -0.1) is 0 Å². The SMILES string of the molecule is Cc1ccccc1NC(=O)C(=O)Nc1ccc(Cl)cc1Cl. The minimum absolute atomic E-state index is 0.263. The molecule has 21 heavy (non-hydrogen) atoms. The first kappa shape index (κ1) is 15.4. The van der Waals surface area contributed by atoms with Crippen molar-refractivity contribution in [2.75, 3.05) is 10.6 Å². The zero-order valence-corrected chi connectivity index (χ0v) is 12.6. The van der Waals surface area contributed by atoms with Crippen LogP contribution < -0.4 is 10.6 Å². The van der Waals surface area contributed by atoms with Crippen LogP contribution in [0.3, 0.4) is 0 Å². The summed E-state index contributed by atoms with van der Waals surface area (Å²) >= 11 is 11.7. The van der Waals surface area contributed by atoms with E-state index < -0.39 is 11.8 Å². The van der Waals surface area contributed by atoms with Crippen LogP contribution >= 0.6 is 23.2 Å². The van der Waals surface area contributed by atoms with E-state index in [2.05, 4.69) is 10.6 Å². The number of hydrogen-bond acceptors (Lipinski definition) is 2. The third-order valence-corrected chi connectivity index (χ3v) is 3.33. The zero-order chi connectivity index (χ0) is 15.4. The first-order valence-corrected chi connectivity index (χ1v) is 6.86. The fourth-order valence-corrected chi connectivity index (χ4v) is 2.12. The Balaban J connectivity index is 2.06. The highest BCUT2D eigenvalue weighted by molar-refractivity contribution is 6.45. The zero-order valence-electron chi connectivity index (χ0n) is 11.1. The molecular weight excluding hydrogens is 311 g/mol. The molecule has 0 bridgehead atoms. The molecule has 0 spiro atoms. The molecule has 0 aliphatic carbocycles. The quantitative estimate of drug-likeness (QED) is 0.824. The van der Waals surface area contributed by atoms with Crippen LogP contribution in [0.5, 0.6) is 0 Å². The summed E-state index contributed by atoms with van der Waals surface area (Å²) in [7, 11) is 0. The number of aryl methyl sites for hydroxylation is 1. The summed E-state index contributed by atoms with van der Waals surface area (Å²) in [4.78, 5) is 23.7. The number of hydrogen-bond donors (Lipinski definition) is 2. The second-order valence-electron chi connectivity index (χ2n) is 4.35. The van der Waals surface area contributed by atoms with Crippen molar-refractivity contribution in [3.8, 4) is 0 Å². The Labute approximate surface area is 132 Å². The fourth-order valence-electron chi connectivity index (χ4n) is 1.66. The molecule has 2 aromatic rings. The first-order valence-electron chi connectivity index (χ1n) is 6.10. The van der Waals surface area contributed by atoms with Gasteiger partial charge in [0.05, 0.1) is 10.7 Å². The van der Waals surface area contributed by atoms with Crippen LogP contribution in [0.1, 0.15) is 5.56 Å². The molecule has 0 atom stereocenters. The Morgan fingerprint density at radius 1 is 0.905 bits per heavy atom. The van der Waals surface area contributed by atoms with Crippen LogP contribution in [0.2, 0.25) is 10.0 Å². The van der Waals surface area contributed by atoms with Gasteiger partial charge in [0.25, 0.3) is 0 Å². The molecule has 2 aromatic carbocycles. The summed E-state index contributed by atoms with van der Waals surface area (Å²) in [5, 5.41) is 5.69. The Hall–Kier alpha value is -2.04. The van der Waals surface area contributed by atoms with Gasteiger partial charge < -0.3 is 10.6 Å². The van der Waals surface area contributed by atoms with E-state index in [1.165, 1.54) is 12.1 Å². The third kappa shape index (κ3) is 3.97. The second-order valence-corrected chi connectivity index (χ2v) is 5.19.